The number of unbranched alkanes of at least 4 members (excludes halogenated alkanes) is 1. The van der Waals surface area contributed by atoms with E-state index in [2.05, 4.69) is 22.9 Å². The Kier molecular flexibility index (Phi) is 8.12. The summed E-state index contributed by atoms with van der Waals surface area (Å²) >= 11 is 3.40. The Hall–Kier alpha value is -2.80. The molecule has 2 aromatic heterocycles. The molecule has 0 spiro atoms. The molecule has 7 heteroatoms. The van der Waals surface area contributed by atoms with Crippen LogP contribution in [0.5, 0.6) is 0 Å². The van der Waals surface area contributed by atoms with Gasteiger partial charge in [0, 0.05) is 35.5 Å². The summed E-state index contributed by atoms with van der Waals surface area (Å²) in [5.41, 5.74) is 1.59. The molecule has 3 aromatic rings. The number of hydrogen-bond acceptors (Lipinski definition) is 3. The van der Waals surface area contributed by atoms with Crippen LogP contribution in [-0.2, 0) is 24.9 Å². The number of hydrogen-bond donors (Lipinski definition) is 0. The van der Waals surface area contributed by atoms with E-state index in [-0.39, 0.29) is 18.4 Å². The van der Waals surface area contributed by atoms with Gasteiger partial charge in [-0.15, -0.1) is 0 Å². The van der Waals surface area contributed by atoms with E-state index in [0.717, 1.165) is 23.0 Å². The van der Waals surface area contributed by atoms with Crippen molar-refractivity contribution in [1.29, 1.82) is 0 Å². The van der Waals surface area contributed by atoms with Gasteiger partial charge in [0.1, 0.15) is 12.3 Å². The molecule has 0 aliphatic rings. The number of furan rings is 1. The van der Waals surface area contributed by atoms with Gasteiger partial charge in [-0.2, -0.15) is 0 Å². The smallest absolute Gasteiger partial charge is 0.254 e. The fourth-order valence-corrected chi connectivity index (χ4v) is 3.58. The number of benzene rings is 1. The highest BCUT2D eigenvalue weighted by Gasteiger charge is 2.23. The lowest BCUT2D eigenvalue weighted by Gasteiger charge is -2.27. The third kappa shape index (κ3) is 6.34. The Balaban J connectivity index is 1.78. The summed E-state index contributed by atoms with van der Waals surface area (Å²) in [5, 5.41) is 0. The van der Waals surface area contributed by atoms with Crippen molar-refractivity contribution in [2.75, 3.05) is 13.1 Å². The molecule has 6 nitrogen and oxygen atoms in total. The van der Waals surface area contributed by atoms with Gasteiger partial charge in [-0.1, -0.05) is 29.3 Å². The number of carbonyl (C=O) groups is 2. The Bertz CT molecular complexity index is 980. The summed E-state index contributed by atoms with van der Waals surface area (Å²) in [6, 6.07) is 14.8. The van der Waals surface area contributed by atoms with Crippen LogP contribution in [0.25, 0.3) is 0 Å². The van der Waals surface area contributed by atoms with Crippen LogP contribution < -0.4 is 0 Å². The highest BCUT2D eigenvalue weighted by atomic mass is 79.9. The van der Waals surface area contributed by atoms with Crippen molar-refractivity contribution in [3.63, 3.8) is 0 Å². The predicted octanol–water partition coefficient (Wildman–Crippen LogP) is 4.85. The average Bonchev–Trinajstić information content (AvgIpc) is 3.42. The normalized spacial score (nSPS) is 10.8. The molecule has 0 saturated carbocycles. The molecule has 0 radical (unpaired) electrons. The summed E-state index contributed by atoms with van der Waals surface area (Å²) in [6.07, 6.45) is 5.34. The van der Waals surface area contributed by atoms with E-state index >= 15 is 0 Å². The van der Waals surface area contributed by atoms with Crippen molar-refractivity contribution in [1.82, 2.24) is 14.4 Å². The fourth-order valence-electron chi connectivity index (χ4n) is 3.32. The van der Waals surface area contributed by atoms with Crippen LogP contribution in [-0.4, -0.2) is 39.3 Å². The maximum Gasteiger partial charge on any atom is 0.254 e. The third-order valence-electron chi connectivity index (χ3n) is 5.17. The molecule has 0 atom stereocenters. The lowest BCUT2D eigenvalue weighted by Crippen LogP contribution is -2.43. The number of nitrogens with zero attached hydrogens (tertiary/aromatic N) is 3. The van der Waals surface area contributed by atoms with Crippen molar-refractivity contribution < 1.29 is 14.0 Å². The van der Waals surface area contributed by atoms with E-state index in [1.807, 2.05) is 54.2 Å². The molecule has 0 N–H and O–H groups in total. The second-order valence-electron chi connectivity index (χ2n) is 7.53. The SMILES string of the molecule is CCCCN(CC(=O)N(Cc1ccco1)Cc1cccn1C)C(=O)c1ccc(Br)cc1. The van der Waals surface area contributed by atoms with E-state index < -0.39 is 0 Å². The first kappa shape index (κ1) is 22.9. The minimum Gasteiger partial charge on any atom is -0.467 e. The van der Waals surface area contributed by atoms with E-state index in [0.29, 0.717) is 31.0 Å². The Morgan fingerprint density at radius 3 is 2.42 bits per heavy atom. The highest BCUT2D eigenvalue weighted by Crippen LogP contribution is 2.15. The number of rotatable bonds is 10. The zero-order valence-electron chi connectivity index (χ0n) is 18.0. The predicted molar refractivity (Wildman–Crippen MR) is 123 cm³/mol. The largest absolute Gasteiger partial charge is 0.467 e. The van der Waals surface area contributed by atoms with Crippen LogP contribution in [0.2, 0.25) is 0 Å². The van der Waals surface area contributed by atoms with Crippen molar-refractivity contribution in [2.24, 2.45) is 7.05 Å². The zero-order chi connectivity index (χ0) is 22.2. The summed E-state index contributed by atoms with van der Waals surface area (Å²) in [4.78, 5) is 29.9. The van der Waals surface area contributed by atoms with Crippen LogP contribution in [0.15, 0.2) is 69.9 Å². The lowest BCUT2D eigenvalue weighted by molar-refractivity contribution is -0.133. The molecule has 0 fully saturated rings. The molecule has 31 heavy (non-hydrogen) atoms. The second kappa shape index (κ2) is 11.0. The first-order valence-electron chi connectivity index (χ1n) is 10.4. The van der Waals surface area contributed by atoms with Gasteiger partial charge in [0.2, 0.25) is 5.91 Å². The van der Waals surface area contributed by atoms with Gasteiger partial charge in [-0.05, 0) is 55.0 Å². The maximum absolute atomic E-state index is 13.3. The zero-order valence-corrected chi connectivity index (χ0v) is 19.5. The highest BCUT2D eigenvalue weighted by molar-refractivity contribution is 9.10. The number of aryl methyl sites for hydroxylation is 1. The minimum atomic E-state index is -0.133. The third-order valence-corrected chi connectivity index (χ3v) is 5.70. The summed E-state index contributed by atoms with van der Waals surface area (Å²) < 4.78 is 8.38. The van der Waals surface area contributed by atoms with Gasteiger partial charge >= 0.3 is 0 Å². The molecule has 0 unspecified atom stereocenters. The molecule has 1 aromatic carbocycles. The van der Waals surface area contributed by atoms with Gasteiger partial charge in [-0.25, -0.2) is 0 Å². The number of amides is 2. The van der Waals surface area contributed by atoms with Crippen molar-refractivity contribution >= 4 is 27.7 Å². The number of aromatic nitrogens is 1. The first-order valence-corrected chi connectivity index (χ1v) is 11.2. The molecule has 0 aliphatic carbocycles. The molecule has 0 bridgehead atoms. The van der Waals surface area contributed by atoms with Crippen LogP contribution in [0.4, 0.5) is 0 Å². The van der Waals surface area contributed by atoms with E-state index in [1.54, 1.807) is 28.2 Å². The van der Waals surface area contributed by atoms with Crippen LogP contribution in [0, 0.1) is 0 Å². The second-order valence-corrected chi connectivity index (χ2v) is 8.44. The standard InChI is InChI=1S/C24H28BrN3O3/c1-3-4-14-27(24(30)19-9-11-20(25)12-10-19)18-23(29)28(17-22-8-6-15-31-22)16-21-7-5-13-26(21)2/h5-13,15H,3-4,14,16-18H2,1-2H3. The quantitative estimate of drug-likeness (QED) is 0.412. The molecular formula is C24H28BrN3O3. The Labute approximate surface area is 191 Å². The summed E-state index contributed by atoms with van der Waals surface area (Å²) in [6.45, 7) is 3.43. The van der Waals surface area contributed by atoms with E-state index in [4.69, 9.17) is 4.42 Å². The molecular weight excluding hydrogens is 458 g/mol. The number of halogens is 1. The van der Waals surface area contributed by atoms with Crippen LogP contribution >= 0.6 is 15.9 Å². The van der Waals surface area contributed by atoms with E-state index in [1.165, 1.54) is 0 Å². The van der Waals surface area contributed by atoms with Gasteiger partial charge in [0.25, 0.3) is 5.91 Å². The van der Waals surface area contributed by atoms with Gasteiger partial charge in [0.05, 0.1) is 19.4 Å². The monoisotopic (exact) mass is 485 g/mol. The van der Waals surface area contributed by atoms with Gasteiger partial charge in [-0.3, -0.25) is 9.59 Å². The molecule has 2 amide bonds. The van der Waals surface area contributed by atoms with Crippen LogP contribution in [0.3, 0.4) is 0 Å². The van der Waals surface area contributed by atoms with Crippen molar-refractivity contribution in [2.45, 2.75) is 32.9 Å². The summed E-state index contributed by atoms with van der Waals surface area (Å²) in [5.74, 6) is 0.465. The maximum atomic E-state index is 13.3. The minimum absolute atomic E-state index is 0.0278. The molecule has 0 saturated heterocycles. The Morgan fingerprint density at radius 1 is 1.03 bits per heavy atom. The molecule has 164 valence electrons. The van der Waals surface area contributed by atoms with Crippen molar-refractivity contribution in [3.8, 4) is 0 Å². The number of carbonyl (C=O) groups excluding carboxylic acids is 2. The lowest BCUT2D eigenvalue weighted by atomic mass is 10.2. The van der Waals surface area contributed by atoms with Crippen LogP contribution in [0.1, 0.15) is 41.6 Å². The van der Waals surface area contributed by atoms with Crippen molar-refractivity contribution in [3.05, 3.63) is 82.5 Å². The first-order chi connectivity index (χ1) is 15.0. The molecule has 2 heterocycles. The average molecular weight is 486 g/mol. The molecule has 0 aliphatic heterocycles. The van der Waals surface area contributed by atoms with Gasteiger partial charge < -0.3 is 18.8 Å². The van der Waals surface area contributed by atoms with E-state index in [9.17, 15) is 9.59 Å². The fraction of sp³-hybridized carbons (Fsp3) is 0.333. The van der Waals surface area contributed by atoms with Gasteiger partial charge in [0.15, 0.2) is 0 Å². The topological polar surface area (TPSA) is 58.7 Å². The molecule has 3 rings (SSSR count). The summed E-state index contributed by atoms with van der Waals surface area (Å²) in [7, 11) is 1.95. The Morgan fingerprint density at radius 2 is 1.81 bits per heavy atom.